The molecule has 3 heterocycles. The van der Waals surface area contributed by atoms with Gasteiger partial charge in [-0.05, 0) is 71.3 Å². The molecule has 1 aliphatic heterocycles. The van der Waals surface area contributed by atoms with Gasteiger partial charge in [0.1, 0.15) is 11.6 Å². The van der Waals surface area contributed by atoms with E-state index in [4.69, 9.17) is 11.6 Å². The molecule has 0 saturated carbocycles. The molecule has 2 aromatic heterocycles. The van der Waals surface area contributed by atoms with E-state index in [9.17, 15) is 13.6 Å². The topological polar surface area (TPSA) is 72.3 Å². The Hall–Kier alpha value is -2.04. The molecule has 1 unspecified atom stereocenters. The number of hydrogen-bond acceptors (Lipinski definition) is 5. The van der Waals surface area contributed by atoms with E-state index in [0.717, 1.165) is 43.0 Å². The molecule has 4 rings (SSSR count). The van der Waals surface area contributed by atoms with Crippen LogP contribution >= 0.6 is 40.0 Å². The number of anilines is 2. The molecule has 12 heteroatoms. The van der Waals surface area contributed by atoms with E-state index in [1.165, 1.54) is 24.3 Å². The Morgan fingerprint density at radius 1 is 1.22 bits per heavy atom. The summed E-state index contributed by atoms with van der Waals surface area (Å²) >= 11 is 7.03. The molecule has 0 bridgehead atoms. The van der Waals surface area contributed by atoms with Crippen LogP contribution in [0.2, 0.25) is 0 Å². The van der Waals surface area contributed by atoms with Crippen molar-refractivity contribution in [3.63, 3.8) is 0 Å². The molecule has 0 radical (unpaired) electrons. The van der Waals surface area contributed by atoms with Crippen molar-refractivity contribution >= 4 is 57.4 Å². The predicted molar refractivity (Wildman–Crippen MR) is 130 cm³/mol. The van der Waals surface area contributed by atoms with E-state index in [1.807, 2.05) is 16.6 Å². The van der Waals surface area contributed by atoms with Crippen molar-refractivity contribution in [3.05, 3.63) is 54.4 Å². The fourth-order valence-electron chi connectivity index (χ4n) is 3.47. The first-order valence-electron chi connectivity index (χ1n) is 9.67. The highest BCUT2D eigenvalue weighted by Gasteiger charge is 2.27. The molecular formula is C20H18ClF2IN5O2P. The van der Waals surface area contributed by atoms with Gasteiger partial charge in [-0.1, -0.05) is 0 Å². The van der Waals surface area contributed by atoms with E-state index in [0.29, 0.717) is 17.6 Å². The normalized spacial score (nSPS) is 14.3. The molecule has 32 heavy (non-hydrogen) atoms. The van der Waals surface area contributed by atoms with Crippen molar-refractivity contribution in [1.29, 1.82) is 0 Å². The molecule has 1 atom stereocenters. The van der Waals surface area contributed by atoms with Gasteiger partial charge < -0.3 is 15.0 Å². The van der Waals surface area contributed by atoms with Gasteiger partial charge in [0.2, 0.25) is 0 Å². The maximum Gasteiger partial charge on any atom is 0.487 e. The molecule has 1 aliphatic rings. The number of nitrogens with zero attached hydrogens (tertiary/aromatic N) is 4. The van der Waals surface area contributed by atoms with Crippen molar-refractivity contribution in [1.82, 2.24) is 14.5 Å². The number of benzene rings is 1. The number of alkyl halides is 3. The minimum Gasteiger partial charge on any atom is -0.420 e. The van der Waals surface area contributed by atoms with Gasteiger partial charge in [0.05, 0.1) is 17.6 Å². The average molecular weight is 592 g/mol. The lowest BCUT2D eigenvalue weighted by atomic mass is 10.1. The molecule has 7 nitrogen and oxygen atoms in total. The van der Waals surface area contributed by atoms with Crippen molar-refractivity contribution < 1.29 is 18.3 Å². The molecule has 1 fully saturated rings. The summed E-state index contributed by atoms with van der Waals surface area (Å²) in [6.45, 7) is 1.84. The smallest absolute Gasteiger partial charge is 0.420 e. The first-order valence-corrected chi connectivity index (χ1v) is 14.1. The van der Waals surface area contributed by atoms with Gasteiger partial charge in [-0.2, -0.15) is 5.10 Å². The van der Waals surface area contributed by atoms with Crippen LogP contribution in [0.4, 0.5) is 20.3 Å². The lowest BCUT2D eigenvalue weighted by Gasteiger charge is -2.21. The fourth-order valence-corrected chi connectivity index (χ4v) is 5.11. The lowest BCUT2D eigenvalue weighted by Crippen LogP contribution is -2.21. The van der Waals surface area contributed by atoms with E-state index >= 15 is 0 Å². The highest BCUT2D eigenvalue weighted by atomic mass is 127. The largest absolute Gasteiger partial charge is 0.487 e. The monoisotopic (exact) mass is 591 g/mol. The maximum absolute atomic E-state index is 12.9. The van der Waals surface area contributed by atoms with Crippen LogP contribution in [0, 0.1) is 0 Å². The Labute approximate surface area is 202 Å². The van der Waals surface area contributed by atoms with Crippen molar-refractivity contribution in [3.8, 4) is 17.0 Å². The Bertz CT molecular complexity index is 1100. The molecule has 1 saturated heterocycles. The third-order valence-corrected chi connectivity index (χ3v) is 6.84. The number of carbonyl (C=O) groups is 1. The number of ether oxygens (including phenoxy) is 1. The summed E-state index contributed by atoms with van der Waals surface area (Å²) in [5, 5.41) is 7.10. The Morgan fingerprint density at radius 2 is 1.94 bits per heavy atom. The molecule has 1 aromatic carbocycles. The third kappa shape index (κ3) is 5.47. The summed E-state index contributed by atoms with van der Waals surface area (Å²) in [4.78, 5) is 19.7. The Kier molecular flexibility index (Phi) is 7.11. The second-order valence-corrected chi connectivity index (χ2v) is 9.51. The first-order chi connectivity index (χ1) is 15.3. The minimum absolute atomic E-state index is 0.116. The molecule has 3 aromatic rings. The summed E-state index contributed by atoms with van der Waals surface area (Å²) in [6.07, 6.45) is 5.89. The SMILES string of the molecule is O=C(Nc1ccc(OC(F)(F)Cl)cc1)c1cnc(N2CCCC2)c(-c2ccnn2PI)c1. The number of halogens is 4. The highest BCUT2D eigenvalue weighted by molar-refractivity contribution is 14.2. The van der Waals surface area contributed by atoms with Crippen LogP contribution in [0.1, 0.15) is 23.2 Å². The van der Waals surface area contributed by atoms with Crippen LogP contribution in [0.25, 0.3) is 11.3 Å². The van der Waals surface area contributed by atoms with Crippen molar-refractivity contribution in [2.45, 2.75) is 18.4 Å². The van der Waals surface area contributed by atoms with Crippen molar-refractivity contribution in [2.24, 2.45) is 0 Å². The highest BCUT2D eigenvalue weighted by Crippen LogP contribution is 2.36. The quantitative estimate of drug-likeness (QED) is 0.215. The second kappa shape index (κ2) is 9.84. The van der Waals surface area contributed by atoms with E-state index in [2.05, 4.69) is 47.1 Å². The number of aromatic nitrogens is 3. The van der Waals surface area contributed by atoms with Gasteiger partial charge in [0, 0.05) is 48.3 Å². The van der Waals surface area contributed by atoms with Crippen LogP contribution in [-0.2, 0) is 0 Å². The summed E-state index contributed by atoms with van der Waals surface area (Å²) in [5.41, 5.74) is -1.27. The zero-order chi connectivity index (χ0) is 22.7. The fraction of sp³-hybridized carbons (Fsp3) is 0.250. The number of amides is 1. The molecular weight excluding hydrogens is 574 g/mol. The predicted octanol–water partition coefficient (Wildman–Crippen LogP) is 5.76. The zero-order valence-electron chi connectivity index (χ0n) is 16.6. The molecule has 0 spiro atoms. The number of pyridine rings is 1. The Balaban J connectivity index is 1.59. The molecule has 168 valence electrons. The Morgan fingerprint density at radius 3 is 2.59 bits per heavy atom. The average Bonchev–Trinajstić information content (AvgIpc) is 3.45. The lowest BCUT2D eigenvalue weighted by molar-refractivity contribution is -0.0964. The first kappa shape index (κ1) is 23.1. The summed E-state index contributed by atoms with van der Waals surface area (Å²) in [7, 11) is 0. The van der Waals surface area contributed by atoms with Gasteiger partial charge >= 0.3 is 5.57 Å². The minimum atomic E-state index is -3.80. The van der Waals surface area contributed by atoms with Gasteiger partial charge in [-0.25, -0.2) is 9.44 Å². The zero-order valence-corrected chi connectivity index (χ0v) is 20.5. The van der Waals surface area contributed by atoms with E-state index < -0.39 is 5.57 Å². The molecule has 0 aliphatic carbocycles. The van der Waals surface area contributed by atoms with Gasteiger partial charge in [-0.15, -0.1) is 8.78 Å². The maximum atomic E-state index is 12.9. The summed E-state index contributed by atoms with van der Waals surface area (Å²) in [5.74, 6) is 0.347. The van der Waals surface area contributed by atoms with Crippen LogP contribution in [0.5, 0.6) is 5.75 Å². The number of rotatable bonds is 7. The molecule has 1 amide bonds. The number of carbonyl (C=O) groups excluding carboxylic acids is 1. The van der Waals surface area contributed by atoms with Gasteiger partial charge in [-0.3, -0.25) is 4.79 Å². The van der Waals surface area contributed by atoms with E-state index in [-0.39, 0.29) is 11.7 Å². The standard InChI is InChI=1S/C20H18ClF2IN5O2P/c21-20(22,23)31-15-5-3-14(4-6-15)27-19(30)13-11-16(17-7-8-26-29(17)32-24)18(25-12-13)28-9-1-2-10-28/h3-8,11-12,32H,1-2,9-10H2,(H,27,30). The number of nitrogens with one attached hydrogen (secondary N) is 1. The van der Waals surface area contributed by atoms with E-state index in [1.54, 1.807) is 12.4 Å². The molecule has 1 N–H and O–H groups in total. The van der Waals surface area contributed by atoms with Gasteiger partial charge in [0.15, 0.2) is 0 Å². The third-order valence-electron chi connectivity index (χ3n) is 4.88. The van der Waals surface area contributed by atoms with Crippen LogP contribution in [0.3, 0.4) is 0 Å². The number of hydrogen-bond donors (Lipinski definition) is 1. The summed E-state index contributed by atoms with van der Waals surface area (Å²) in [6, 6.07) is 9.23. The van der Waals surface area contributed by atoms with Gasteiger partial charge in [0.25, 0.3) is 5.91 Å². The second-order valence-electron chi connectivity index (χ2n) is 7.03. The van der Waals surface area contributed by atoms with Crippen LogP contribution in [0.15, 0.2) is 48.8 Å². The van der Waals surface area contributed by atoms with Crippen LogP contribution < -0.4 is 15.0 Å². The van der Waals surface area contributed by atoms with Crippen LogP contribution in [-0.4, -0.2) is 39.1 Å². The summed E-state index contributed by atoms with van der Waals surface area (Å²) < 4.78 is 31.7. The van der Waals surface area contributed by atoms with Crippen molar-refractivity contribution in [2.75, 3.05) is 23.3 Å².